The van der Waals surface area contributed by atoms with Crippen molar-refractivity contribution in [3.8, 4) is 11.5 Å². The van der Waals surface area contributed by atoms with Crippen molar-refractivity contribution < 1.29 is 14.3 Å². The van der Waals surface area contributed by atoms with Gasteiger partial charge in [-0.05, 0) is 74.1 Å². The number of hydrogen-bond acceptors (Lipinski definition) is 3. The van der Waals surface area contributed by atoms with E-state index in [4.69, 9.17) is 9.47 Å². The largest absolute Gasteiger partial charge is 0.497 e. The highest BCUT2D eigenvalue weighted by atomic mass is 16.5. The van der Waals surface area contributed by atoms with Crippen LogP contribution in [-0.4, -0.2) is 26.2 Å². The van der Waals surface area contributed by atoms with Crippen LogP contribution in [0.1, 0.15) is 28.7 Å². The normalized spacial score (nSPS) is 10.4. The summed E-state index contributed by atoms with van der Waals surface area (Å²) in [6.07, 6.45) is 1.81. The zero-order chi connectivity index (χ0) is 18.2. The van der Waals surface area contributed by atoms with Crippen LogP contribution in [0.5, 0.6) is 11.5 Å². The summed E-state index contributed by atoms with van der Waals surface area (Å²) in [5.41, 5.74) is 4.63. The Labute approximate surface area is 150 Å². The molecule has 0 radical (unpaired) electrons. The Kier molecular flexibility index (Phi) is 6.87. The molecule has 25 heavy (non-hydrogen) atoms. The Morgan fingerprint density at radius 3 is 2.48 bits per heavy atom. The van der Waals surface area contributed by atoms with E-state index >= 15 is 0 Å². The van der Waals surface area contributed by atoms with Crippen LogP contribution >= 0.6 is 0 Å². The summed E-state index contributed by atoms with van der Waals surface area (Å²) < 4.78 is 10.8. The fraction of sp³-hybridized carbons (Fsp3) is 0.381. The fourth-order valence-electron chi connectivity index (χ4n) is 2.66. The van der Waals surface area contributed by atoms with E-state index in [2.05, 4.69) is 18.3 Å². The van der Waals surface area contributed by atoms with Crippen molar-refractivity contribution in [2.75, 3.05) is 20.3 Å². The van der Waals surface area contributed by atoms with Gasteiger partial charge in [0.1, 0.15) is 11.5 Å². The first-order valence-corrected chi connectivity index (χ1v) is 8.60. The molecule has 0 aliphatic heterocycles. The van der Waals surface area contributed by atoms with Gasteiger partial charge in [0.15, 0.2) is 6.61 Å². The number of benzene rings is 2. The summed E-state index contributed by atoms with van der Waals surface area (Å²) in [4.78, 5) is 11.9. The third-order valence-corrected chi connectivity index (χ3v) is 4.25. The summed E-state index contributed by atoms with van der Waals surface area (Å²) in [7, 11) is 1.66. The standard InChI is InChI=1S/C21H27NO3/c1-15-12-16(2)17(3)20(13-15)25-14-21(23)22-11-5-6-18-7-9-19(24-4)10-8-18/h7-10,12-13H,5-6,11,14H2,1-4H3,(H,22,23). The van der Waals surface area contributed by atoms with Crippen molar-refractivity contribution in [2.45, 2.75) is 33.6 Å². The highest BCUT2D eigenvalue weighted by molar-refractivity contribution is 5.77. The van der Waals surface area contributed by atoms with Gasteiger partial charge in [-0.3, -0.25) is 4.79 Å². The number of methoxy groups -OCH3 is 1. The number of amides is 1. The zero-order valence-corrected chi connectivity index (χ0v) is 15.5. The average Bonchev–Trinajstić information content (AvgIpc) is 2.61. The van der Waals surface area contributed by atoms with Gasteiger partial charge in [0.05, 0.1) is 7.11 Å². The molecular formula is C21H27NO3. The van der Waals surface area contributed by atoms with Gasteiger partial charge in [0.2, 0.25) is 0 Å². The monoisotopic (exact) mass is 341 g/mol. The number of carbonyl (C=O) groups is 1. The van der Waals surface area contributed by atoms with Gasteiger partial charge in [-0.25, -0.2) is 0 Å². The van der Waals surface area contributed by atoms with Crippen LogP contribution in [0.15, 0.2) is 36.4 Å². The van der Waals surface area contributed by atoms with E-state index < -0.39 is 0 Å². The zero-order valence-electron chi connectivity index (χ0n) is 15.5. The minimum Gasteiger partial charge on any atom is -0.497 e. The molecular weight excluding hydrogens is 314 g/mol. The Hall–Kier alpha value is -2.49. The highest BCUT2D eigenvalue weighted by Crippen LogP contribution is 2.23. The Bertz CT molecular complexity index is 708. The van der Waals surface area contributed by atoms with Crippen molar-refractivity contribution in [1.29, 1.82) is 0 Å². The molecule has 0 saturated carbocycles. The maximum Gasteiger partial charge on any atom is 0.257 e. The molecule has 2 aromatic rings. The van der Waals surface area contributed by atoms with E-state index in [1.54, 1.807) is 7.11 Å². The number of hydrogen-bond donors (Lipinski definition) is 1. The molecule has 1 amide bonds. The number of aryl methyl sites for hydroxylation is 3. The van der Waals surface area contributed by atoms with Crippen LogP contribution in [0.2, 0.25) is 0 Å². The molecule has 0 saturated heterocycles. The SMILES string of the molecule is COc1ccc(CCCNC(=O)COc2cc(C)cc(C)c2C)cc1. The molecule has 4 heteroatoms. The third-order valence-electron chi connectivity index (χ3n) is 4.25. The molecule has 0 aromatic heterocycles. The molecule has 0 spiro atoms. The van der Waals surface area contributed by atoms with Crippen molar-refractivity contribution in [3.05, 3.63) is 58.7 Å². The van der Waals surface area contributed by atoms with Crippen LogP contribution in [0.25, 0.3) is 0 Å². The number of ether oxygens (including phenoxy) is 2. The molecule has 0 bridgehead atoms. The van der Waals surface area contributed by atoms with Crippen LogP contribution < -0.4 is 14.8 Å². The summed E-state index contributed by atoms with van der Waals surface area (Å²) in [6.45, 7) is 6.77. The minimum atomic E-state index is -0.0895. The van der Waals surface area contributed by atoms with Crippen LogP contribution in [0.4, 0.5) is 0 Å². The molecule has 4 nitrogen and oxygen atoms in total. The van der Waals surface area contributed by atoms with E-state index in [0.717, 1.165) is 35.5 Å². The lowest BCUT2D eigenvalue weighted by molar-refractivity contribution is -0.123. The van der Waals surface area contributed by atoms with Gasteiger partial charge in [0.25, 0.3) is 5.91 Å². The second-order valence-corrected chi connectivity index (χ2v) is 6.30. The van der Waals surface area contributed by atoms with Crippen molar-refractivity contribution in [3.63, 3.8) is 0 Å². The van der Waals surface area contributed by atoms with E-state index in [0.29, 0.717) is 6.54 Å². The Balaban J connectivity index is 1.70. The maximum absolute atomic E-state index is 11.9. The smallest absolute Gasteiger partial charge is 0.257 e. The van der Waals surface area contributed by atoms with E-state index in [1.807, 2.05) is 44.2 Å². The van der Waals surface area contributed by atoms with Gasteiger partial charge in [0, 0.05) is 6.54 Å². The molecule has 2 aromatic carbocycles. The molecule has 0 aliphatic carbocycles. The van der Waals surface area contributed by atoms with E-state index in [9.17, 15) is 4.79 Å². The lowest BCUT2D eigenvalue weighted by Gasteiger charge is -2.12. The summed E-state index contributed by atoms with van der Waals surface area (Å²) in [6, 6.07) is 12.1. The van der Waals surface area contributed by atoms with Gasteiger partial charge in [-0.1, -0.05) is 18.2 Å². The van der Waals surface area contributed by atoms with Gasteiger partial charge >= 0.3 is 0 Å². The van der Waals surface area contributed by atoms with Crippen LogP contribution in [0.3, 0.4) is 0 Å². The summed E-state index contributed by atoms with van der Waals surface area (Å²) in [5, 5.41) is 2.91. The number of rotatable bonds is 8. The maximum atomic E-state index is 11.9. The van der Waals surface area contributed by atoms with Gasteiger partial charge < -0.3 is 14.8 Å². The Morgan fingerprint density at radius 2 is 1.80 bits per heavy atom. The molecule has 0 fully saturated rings. The molecule has 0 atom stereocenters. The third kappa shape index (κ3) is 5.82. The van der Waals surface area contributed by atoms with Gasteiger partial charge in [-0.2, -0.15) is 0 Å². The first kappa shape index (κ1) is 18.8. The lowest BCUT2D eigenvalue weighted by Crippen LogP contribution is -2.30. The number of carbonyl (C=O) groups excluding carboxylic acids is 1. The second kappa shape index (κ2) is 9.11. The molecule has 1 N–H and O–H groups in total. The molecule has 2 rings (SSSR count). The fourth-order valence-corrected chi connectivity index (χ4v) is 2.66. The lowest BCUT2D eigenvalue weighted by atomic mass is 10.1. The van der Waals surface area contributed by atoms with Crippen molar-refractivity contribution in [1.82, 2.24) is 5.32 Å². The van der Waals surface area contributed by atoms with Crippen LogP contribution in [-0.2, 0) is 11.2 Å². The first-order valence-electron chi connectivity index (χ1n) is 8.60. The summed E-state index contributed by atoms with van der Waals surface area (Å²) in [5.74, 6) is 1.55. The summed E-state index contributed by atoms with van der Waals surface area (Å²) >= 11 is 0. The highest BCUT2D eigenvalue weighted by Gasteiger charge is 2.07. The van der Waals surface area contributed by atoms with Crippen LogP contribution in [0, 0.1) is 20.8 Å². The van der Waals surface area contributed by atoms with E-state index in [1.165, 1.54) is 11.1 Å². The first-order chi connectivity index (χ1) is 12.0. The van der Waals surface area contributed by atoms with Crippen molar-refractivity contribution in [2.24, 2.45) is 0 Å². The number of nitrogens with one attached hydrogen (secondary N) is 1. The quantitative estimate of drug-likeness (QED) is 0.744. The van der Waals surface area contributed by atoms with Crippen molar-refractivity contribution >= 4 is 5.91 Å². The average molecular weight is 341 g/mol. The molecule has 0 heterocycles. The molecule has 0 aliphatic rings. The second-order valence-electron chi connectivity index (χ2n) is 6.30. The molecule has 0 unspecified atom stereocenters. The van der Waals surface area contributed by atoms with Gasteiger partial charge in [-0.15, -0.1) is 0 Å². The molecule has 134 valence electrons. The topological polar surface area (TPSA) is 47.6 Å². The predicted octanol–water partition coefficient (Wildman–Crippen LogP) is 3.75. The Morgan fingerprint density at radius 1 is 1.08 bits per heavy atom. The van der Waals surface area contributed by atoms with E-state index in [-0.39, 0.29) is 12.5 Å². The minimum absolute atomic E-state index is 0.0479. The predicted molar refractivity (Wildman–Crippen MR) is 100 cm³/mol.